The fraction of sp³-hybridized carbons (Fsp3) is 0.455. The normalized spacial score (nSPS) is 12.3. The zero-order valence-corrected chi connectivity index (χ0v) is 8.70. The number of rotatable bonds is 1. The molecule has 0 amide bonds. The van der Waals surface area contributed by atoms with Crippen molar-refractivity contribution in [3.63, 3.8) is 0 Å². The fourth-order valence-electron chi connectivity index (χ4n) is 1.04. The maximum absolute atomic E-state index is 4.25. The Morgan fingerprint density at radius 2 is 1.92 bits per heavy atom. The van der Waals surface area contributed by atoms with Crippen molar-refractivity contribution in [3.05, 3.63) is 29.9 Å². The van der Waals surface area contributed by atoms with E-state index in [1.54, 1.807) is 6.33 Å². The van der Waals surface area contributed by atoms with Crippen LogP contribution in [0.2, 0.25) is 0 Å². The molecular formula is C11H16N2. The lowest BCUT2D eigenvalue weighted by Crippen LogP contribution is -2.13. The molecule has 1 heterocycles. The van der Waals surface area contributed by atoms with Crippen molar-refractivity contribution in [2.45, 2.75) is 33.1 Å². The van der Waals surface area contributed by atoms with Crippen molar-refractivity contribution in [2.24, 2.45) is 0 Å². The maximum Gasteiger partial charge on any atom is 0.116 e. The molecule has 1 aromatic rings. The lowest BCUT2D eigenvalue weighted by molar-refractivity contribution is 0.566. The van der Waals surface area contributed by atoms with E-state index in [1.807, 2.05) is 25.1 Å². The lowest BCUT2D eigenvalue weighted by Gasteiger charge is -2.17. The van der Waals surface area contributed by atoms with E-state index >= 15 is 0 Å². The summed E-state index contributed by atoms with van der Waals surface area (Å²) < 4.78 is 0. The first kappa shape index (κ1) is 9.90. The van der Waals surface area contributed by atoms with Gasteiger partial charge in [-0.3, -0.25) is 0 Å². The molecule has 0 aliphatic heterocycles. The van der Waals surface area contributed by atoms with E-state index in [4.69, 9.17) is 0 Å². The standard InChI is InChI=1S/C11H16N2/c1-5-6-9-7-10(11(2,3)4)13-8-12-9/h5-8H,1-4H3/b6-5+. The summed E-state index contributed by atoms with van der Waals surface area (Å²) in [6, 6.07) is 2.03. The minimum absolute atomic E-state index is 0.0965. The van der Waals surface area contributed by atoms with Gasteiger partial charge in [0.15, 0.2) is 0 Å². The lowest BCUT2D eigenvalue weighted by atomic mass is 9.91. The molecule has 2 heteroatoms. The fourth-order valence-corrected chi connectivity index (χ4v) is 1.04. The van der Waals surface area contributed by atoms with Gasteiger partial charge in [0.05, 0.1) is 5.69 Å². The van der Waals surface area contributed by atoms with Crippen LogP contribution >= 0.6 is 0 Å². The second-order valence-electron chi connectivity index (χ2n) is 4.08. The van der Waals surface area contributed by atoms with Crippen LogP contribution in [0, 0.1) is 0 Å². The van der Waals surface area contributed by atoms with Crippen LogP contribution in [0.3, 0.4) is 0 Å². The smallest absolute Gasteiger partial charge is 0.116 e. The number of allylic oxidation sites excluding steroid dienone is 1. The van der Waals surface area contributed by atoms with E-state index in [-0.39, 0.29) is 5.41 Å². The Bertz CT molecular complexity index is 308. The quantitative estimate of drug-likeness (QED) is 0.657. The predicted octanol–water partition coefficient (Wildman–Crippen LogP) is 2.81. The van der Waals surface area contributed by atoms with Crippen molar-refractivity contribution in [2.75, 3.05) is 0 Å². The van der Waals surface area contributed by atoms with Crippen LogP contribution in [0.25, 0.3) is 6.08 Å². The Kier molecular flexibility index (Phi) is 2.81. The molecule has 0 aromatic carbocycles. The minimum atomic E-state index is 0.0965. The molecule has 0 atom stereocenters. The molecule has 0 N–H and O–H groups in total. The Balaban J connectivity index is 3.05. The molecule has 0 spiro atoms. The SMILES string of the molecule is C/C=C/c1cc(C(C)(C)C)ncn1. The van der Waals surface area contributed by atoms with Gasteiger partial charge in [-0.2, -0.15) is 0 Å². The van der Waals surface area contributed by atoms with Gasteiger partial charge in [0.1, 0.15) is 6.33 Å². The van der Waals surface area contributed by atoms with Gasteiger partial charge in [0, 0.05) is 11.1 Å². The van der Waals surface area contributed by atoms with Crippen molar-refractivity contribution >= 4 is 6.08 Å². The van der Waals surface area contributed by atoms with Gasteiger partial charge in [-0.1, -0.05) is 26.8 Å². The highest BCUT2D eigenvalue weighted by Gasteiger charge is 2.15. The van der Waals surface area contributed by atoms with E-state index < -0.39 is 0 Å². The molecule has 0 saturated heterocycles. The van der Waals surface area contributed by atoms with Gasteiger partial charge in [-0.15, -0.1) is 0 Å². The molecule has 70 valence electrons. The maximum atomic E-state index is 4.25. The summed E-state index contributed by atoms with van der Waals surface area (Å²) >= 11 is 0. The van der Waals surface area contributed by atoms with Gasteiger partial charge >= 0.3 is 0 Å². The first-order chi connectivity index (χ1) is 6.04. The predicted molar refractivity (Wildman–Crippen MR) is 55.4 cm³/mol. The zero-order chi connectivity index (χ0) is 9.90. The summed E-state index contributed by atoms with van der Waals surface area (Å²) in [5.74, 6) is 0. The molecule has 0 aliphatic carbocycles. The third-order valence-corrected chi connectivity index (χ3v) is 1.79. The molecule has 0 saturated carbocycles. The van der Waals surface area contributed by atoms with E-state index in [1.165, 1.54) is 0 Å². The summed E-state index contributed by atoms with van der Waals surface area (Å²) in [4.78, 5) is 8.39. The minimum Gasteiger partial charge on any atom is -0.241 e. The van der Waals surface area contributed by atoms with Crippen LogP contribution < -0.4 is 0 Å². The molecule has 1 aromatic heterocycles. The van der Waals surface area contributed by atoms with Gasteiger partial charge in [-0.25, -0.2) is 9.97 Å². The van der Waals surface area contributed by atoms with Gasteiger partial charge < -0.3 is 0 Å². The van der Waals surface area contributed by atoms with Crippen molar-refractivity contribution in [1.29, 1.82) is 0 Å². The summed E-state index contributed by atoms with van der Waals surface area (Å²) in [6.07, 6.45) is 5.58. The largest absolute Gasteiger partial charge is 0.241 e. The van der Waals surface area contributed by atoms with Crippen LogP contribution in [0.15, 0.2) is 18.5 Å². The number of hydrogen-bond donors (Lipinski definition) is 0. The highest BCUT2D eigenvalue weighted by molar-refractivity contribution is 5.44. The zero-order valence-electron chi connectivity index (χ0n) is 8.70. The average Bonchev–Trinajstić information content (AvgIpc) is 2.04. The molecule has 2 nitrogen and oxygen atoms in total. The van der Waals surface area contributed by atoms with Gasteiger partial charge in [0.2, 0.25) is 0 Å². The summed E-state index contributed by atoms with van der Waals surface area (Å²) in [5.41, 5.74) is 2.15. The first-order valence-electron chi connectivity index (χ1n) is 4.49. The molecule has 0 radical (unpaired) electrons. The second-order valence-corrected chi connectivity index (χ2v) is 4.08. The Morgan fingerprint density at radius 3 is 2.46 bits per heavy atom. The van der Waals surface area contributed by atoms with E-state index in [2.05, 4.69) is 30.7 Å². The van der Waals surface area contributed by atoms with Crippen molar-refractivity contribution in [1.82, 2.24) is 9.97 Å². The van der Waals surface area contributed by atoms with E-state index in [0.717, 1.165) is 11.4 Å². The summed E-state index contributed by atoms with van der Waals surface area (Å²) in [6.45, 7) is 8.43. The molecular weight excluding hydrogens is 160 g/mol. The van der Waals surface area contributed by atoms with Crippen molar-refractivity contribution in [3.8, 4) is 0 Å². The van der Waals surface area contributed by atoms with Crippen LogP contribution in [0.4, 0.5) is 0 Å². The van der Waals surface area contributed by atoms with Crippen LogP contribution in [-0.2, 0) is 5.41 Å². The van der Waals surface area contributed by atoms with Crippen LogP contribution in [0.5, 0.6) is 0 Å². The third kappa shape index (κ3) is 2.65. The third-order valence-electron chi connectivity index (χ3n) is 1.79. The highest BCUT2D eigenvalue weighted by Crippen LogP contribution is 2.19. The van der Waals surface area contributed by atoms with Crippen LogP contribution in [-0.4, -0.2) is 9.97 Å². The summed E-state index contributed by atoms with van der Waals surface area (Å²) in [7, 11) is 0. The molecule has 0 fully saturated rings. The highest BCUT2D eigenvalue weighted by atomic mass is 14.8. The second kappa shape index (κ2) is 3.69. The Labute approximate surface area is 79.7 Å². The monoisotopic (exact) mass is 176 g/mol. The number of nitrogens with zero attached hydrogens (tertiary/aromatic N) is 2. The average molecular weight is 176 g/mol. The number of aromatic nitrogens is 2. The Morgan fingerprint density at radius 1 is 1.23 bits per heavy atom. The molecule has 1 rings (SSSR count). The molecule has 0 unspecified atom stereocenters. The van der Waals surface area contributed by atoms with Crippen molar-refractivity contribution < 1.29 is 0 Å². The summed E-state index contributed by atoms with van der Waals surface area (Å²) in [5, 5.41) is 0. The molecule has 13 heavy (non-hydrogen) atoms. The van der Waals surface area contributed by atoms with Gasteiger partial charge in [-0.05, 0) is 19.1 Å². The number of hydrogen-bond acceptors (Lipinski definition) is 2. The molecule has 0 aliphatic rings. The Hall–Kier alpha value is -1.18. The van der Waals surface area contributed by atoms with E-state index in [9.17, 15) is 0 Å². The topological polar surface area (TPSA) is 25.8 Å². The first-order valence-corrected chi connectivity index (χ1v) is 4.49. The molecule has 0 bridgehead atoms. The van der Waals surface area contributed by atoms with Crippen LogP contribution in [0.1, 0.15) is 39.1 Å². The van der Waals surface area contributed by atoms with E-state index in [0.29, 0.717) is 0 Å². The van der Waals surface area contributed by atoms with Gasteiger partial charge in [0.25, 0.3) is 0 Å².